The van der Waals surface area contributed by atoms with Crippen molar-refractivity contribution in [1.29, 1.82) is 0 Å². The normalized spacial score (nSPS) is 9.81. The smallest absolute Gasteiger partial charge is 0.328 e. The van der Waals surface area contributed by atoms with Crippen molar-refractivity contribution in [3.63, 3.8) is 0 Å². The van der Waals surface area contributed by atoms with Crippen LogP contribution in [0.25, 0.3) is 11.0 Å². The maximum absolute atomic E-state index is 10.7. The van der Waals surface area contributed by atoms with Crippen molar-refractivity contribution in [1.82, 2.24) is 0 Å². The fourth-order valence-electron chi connectivity index (χ4n) is 1.51. The van der Waals surface area contributed by atoms with Crippen LogP contribution in [-0.4, -0.2) is 71.7 Å². The lowest BCUT2D eigenvalue weighted by molar-refractivity contribution is -0.134. The maximum atomic E-state index is 10.7. The fraction of sp³-hybridized carbons (Fsp3) is 0. The molecule has 0 unspecified atom stereocenters. The summed E-state index contributed by atoms with van der Waals surface area (Å²) in [5.74, 6) is -7.35. The summed E-state index contributed by atoms with van der Waals surface area (Å²) in [6, 6.07) is 9.00. The van der Waals surface area contributed by atoms with Gasteiger partial charge in [-0.2, -0.15) is 0 Å². The summed E-state index contributed by atoms with van der Waals surface area (Å²) in [5, 5.41) is 47.2. The Kier molecular flexibility index (Phi) is 16.7. The molecular formula is C21H17ClO14. The molecule has 2 rings (SSSR count). The minimum Gasteiger partial charge on any atom is -0.478 e. The average Bonchev–Trinajstić information content (AvgIpc) is 3.21. The molecule has 0 aliphatic carbocycles. The molecular weight excluding hydrogens is 512 g/mol. The van der Waals surface area contributed by atoms with Crippen LogP contribution in [0.5, 0.6) is 0 Å². The molecule has 0 atom stereocenters. The minimum absolute atomic E-state index is 0.192. The van der Waals surface area contributed by atoms with Gasteiger partial charge in [0.05, 0.1) is 0 Å². The van der Waals surface area contributed by atoms with Gasteiger partial charge in [0.15, 0.2) is 5.76 Å². The zero-order valence-corrected chi connectivity index (χ0v) is 18.4. The lowest BCUT2D eigenvalue weighted by atomic mass is 10.2. The van der Waals surface area contributed by atoms with E-state index < -0.39 is 41.1 Å². The third-order valence-corrected chi connectivity index (χ3v) is 2.91. The van der Waals surface area contributed by atoms with Gasteiger partial charge in [-0.25, -0.2) is 28.8 Å². The molecule has 6 N–H and O–H groups in total. The largest absolute Gasteiger partial charge is 0.478 e. The van der Waals surface area contributed by atoms with E-state index in [4.69, 9.17) is 46.7 Å². The van der Waals surface area contributed by atoms with E-state index in [2.05, 4.69) is 0 Å². The molecule has 14 nitrogen and oxygen atoms in total. The van der Waals surface area contributed by atoms with Crippen molar-refractivity contribution in [2.24, 2.45) is 0 Å². The number of furan rings is 1. The Morgan fingerprint density at radius 3 is 1.14 bits per heavy atom. The van der Waals surface area contributed by atoms with Crippen molar-refractivity contribution in [3.05, 3.63) is 72.5 Å². The Balaban J connectivity index is 0. The third-order valence-electron chi connectivity index (χ3n) is 2.72. The van der Waals surface area contributed by atoms with Crippen LogP contribution in [0.1, 0.15) is 10.6 Å². The molecule has 1 aromatic heterocycles. The number of hydrogen-bond donors (Lipinski definition) is 6. The summed E-state index contributed by atoms with van der Waals surface area (Å²) >= 11 is 5.24. The van der Waals surface area contributed by atoms with E-state index in [1.165, 1.54) is 0 Å². The van der Waals surface area contributed by atoms with Crippen LogP contribution >= 0.6 is 11.6 Å². The highest BCUT2D eigenvalue weighted by atomic mass is 35.5. The van der Waals surface area contributed by atoms with Crippen LogP contribution in [0.3, 0.4) is 0 Å². The topological polar surface area (TPSA) is 254 Å². The second-order valence-corrected chi connectivity index (χ2v) is 5.79. The van der Waals surface area contributed by atoms with Crippen molar-refractivity contribution >= 4 is 63.6 Å². The minimum atomic E-state index is -1.26. The monoisotopic (exact) mass is 528 g/mol. The highest BCUT2D eigenvalue weighted by Crippen LogP contribution is 2.19. The van der Waals surface area contributed by atoms with E-state index in [0.29, 0.717) is 42.0 Å². The SMILES string of the molecule is O=C(Cl)c1cc2ccccc2o1.O=C(O)/C=C\C(=O)O.O=C(O)/C=C\C(=O)O.O=C(O)/C=C\C(=O)O. The van der Waals surface area contributed by atoms with Crippen molar-refractivity contribution in [3.8, 4) is 0 Å². The van der Waals surface area contributed by atoms with Crippen molar-refractivity contribution in [2.75, 3.05) is 0 Å². The number of aliphatic carboxylic acids is 6. The number of carbonyl (C=O) groups is 7. The number of halogens is 1. The fourth-order valence-corrected chi connectivity index (χ4v) is 1.60. The van der Waals surface area contributed by atoms with Gasteiger partial charge in [0.1, 0.15) is 5.58 Å². The Hall–Kier alpha value is -5.24. The van der Waals surface area contributed by atoms with Gasteiger partial charge < -0.3 is 35.1 Å². The van der Waals surface area contributed by atoms with Gasteiger partial charge in [0.25, 0.3) is 5.24 Å². The number of carbonyl (C=O) groups excluding carboxylic acids is 1. The highest BCUT2D eigenvalue weighted by Gasteiger charge is 2.07. The Morgan fingerprint density at radius 2 is 0.889 bits per heavy atom. The first-order valence-electron chi connectivity index (χ1n) is 8.75. The molecule has 0 radical (unpaired) electrons. The first-order chi connectivity index (χ1) is 16.6. The van der Waals surface area contributed by atoms with E-state index >= 15 is 0 Å². The van der Waals surface area contributed by atoms with Crippen molar-refractivity contribution in [2.45, 2.75) is 0 Å². The molecule has 1 aromatic carbocycles. The molecule has 15 heteroatoms. The molecule has 36 heavy (non-hydrogen) atoms. The molecule has 0 fully saturated rings. The lowest BCUT2D eigenvalue weighted by Gasteiger charge is -1.82. The van der Waals surface area contributed by atoms with Gasteiger partial charge in [-0.15, -0.1) is 0 Å². The molecule has 0 spiro atoms. The van der Waals surface area contributed by atoms with Gasteiger partial charge >= 0.3 is 35.8 Å². The summed E-state index contributed by atoms with van der Waals surface area (Å²) < 4.78 is 5.15. The van der Waals surface area contributed by atoms with Crippen LogP contribution in [-0.2, 0) is 28.8 Å². The lowest BCUT2D eigenvalue weighted by Crippen LogP contribution is -1.91. The van der Waals surface area contributed by atoms with E-state index in [1.54, 1.807) is 12.1 Å². The summed E-state index contributed by atoms with van der Waals surface area (Å²) in [6.45, 7) is 0. The first kappa shape index (κ1) is 32.9. The van der Waals surface area contributed by atoms with Crippen LogP contribution in [0.2, 0.25) is 0 Å². The number of carboxylic acid groups (broad SMARTS) is 6. The Bertz CT molecular complexity index is 1020. The first-order valence-corrected chi connectivity index (χ1v) is 9.13. The molecule has 0 amide bonds. The number of carboxylic acids is 6. The van der Waals surface area contributed by atoms with E-state index in [1.807, 2.05) is 18.2 Å². The number of benzene rings is 1. The summed E-state index contributed by atoms with van der Waals surface area (Å²) in [5.41, 5.74) is 0.682. The van der Waals surface area contributed by atoms with Gasteiger partial charge in [0.2, 0.25) is 0 Å². The zero-order valence-electron chi connectivity index (χ0n) is 17.7. The zero-order chi connectivity index (χ0) is 28.3. The predicted molar refractivity (Wildman–Crippen MR) is 120 cm³/mol. The van der Waals surface area contributed by atoms with Gasteiger partial charge in [-0.3, -0.25) is 4.79 Å². The number of para-hydroxylation sites is 1. The highest BCUT2D eigenvalue weighted by molar-refractivity contribution is 6.67. The van der Waals surface area contributed by atoms with Crippen LogP contribution in [0.4, 0.5) is 0 Å². The number of hydrogen-bond acceptors (Lipinski definition) is 8. The summed E-state index contributed by atoms with van der Waals surface area (Å²) in [4.78, 5) is 68.0. The molecule has 0 saturated heterocycles. The predicted octanol–water partition coefficient (Wildman–Crippen LogP) is 1.95. The number of rotatable bonds is 7. The summed E-state index contributed by atoms with van der Waals surface area (Å²) in [6.07, 6.45) is 3.35. The van der Waals surface area contributed by atoms with E-state index in [0.717, 1.165) is 5.39 Å². The van der Waals surface area contributed by atoms with E-state index in [-0.39, 0.29) is 5.76 Å². The number of fused-ring (bicyclic) bond motifs is 1. The summed E-state index contributed by atoms with van der Waals surface area (Å²) in [7, 11) is 0. The quantitative estimate of drug-likeness (QED) is 0.222. The Morgan fingerprint density at radius 1 is 0.583 bits per heavy atom. The van der Waals surface area contributed by atoms with Crippen LogP contribution in [0, 0.1) is 0 Å². The molecule has 2 aromatic rings. The van der Waals surface area contributed by atoms with Crippen molar-refractivity contribution < 1.29 is 68.6 Å². The molecule has 0 aliphatic rings. The molecule has 192 valence electrons. The van der Waals surface area contributed by atoms with Gasteiger partial charge in [-0.1, -0.05) is 18.2 Å². The standard InChI is InChI=1S/C9H5ClO2.3C4H4O4/c10-9(11)8-5-6-3-1-2-4-7(6)12-8;3*5-3(6)1-2-4(7)8/h1-5H;3*1-2H,(H,5,6)(H,7,8)/b;3*2-1-. The van der Waals surface area contributed by atoms with Crippen LogP contribution in [0.15, 0.2) is 71.2 Å². The second kappa shape index (κ2) is 18.2. The molecule has 0 aliphatic heterocycles. The maximum Gasteiger partial charge on any atom is 0.328 e. The van der Waals surface area contributed by atoms with Gasteiger partial charge in [0, 0.05) is 41.8 Å². The Labute approximate surface area is 205 Å². The van der Waals surface area contributed by atoms with Crippen LogP contribution < -0.4 is 0 Å². The van der Waals surface area contributed by atoms with E-state index in [9.17, 15) is 33.6 Å². The average molecular weight is 529 g/mol. The van der Waals surface area contributed by atoms with Gasteiger partial charge in [-0.05, 0) is 23.7 Å². The second-order valence-electron chi connectivity index (χ2n) is 5.45. The molecule has 1 heterocycles. The molecule has 0 saturated carbocycles. The third kappa shape index (κ3) is 20.7. The molecule has 0 bridgehead atoms.